The number of anilines is 1. The highest BCUT2D eigenvalue weighted by Gasteiger charge is 2.21. The maximum atomic E-state index is 5.25. The molecule has 0 unspecified atom stereocenters. The summed E-state index contributed by atoms with van der Waals surface area (Å²) in [6, 6.07) is 14.4. The number of aliphatic imine (C=N–C) groups is 1. The molecule has 2 aromatic heterocycles. The molecular formula is C24H33IN8O. The standard InChI is InChI=1S/C24H32N8O.HI/c1-18-29-30-23(31(18)2)17-27-24(26-16-19-7-9-21(33-3)10-8-19)28-20-11-14-32(15-12-20)22-6-4-5-13-25-22;/h4-10,13,20H,11-12,14-17H2,1-3H3,(H2,26,27,28);1H. The lowest BCUT2D eigenvalue weighted by molar-refractivity contribution is 0.414. The number of methoxy groups -OCH3 is 1. The van der Waals surface area contributed by atoms with E-state index in [9.17, 15) is 0 Å². The summed E-state index contributed by atoms with van der Waals surface area (Å²) in [6.07, 6.45) is 3.88. The predicted octanol–water partition coefficient (Wildman–Crippen LogP) is 3.05. The van der Waals surface area contributed by atoms with Gasteiger partial charge in [-0.3, -0.25) is 0 Å². The first kappa shape index (κ1) is 25.7. The molecule has 10 heteroatoms. The number of hydrogen-bond acceptors (Lipinski definition) is 6. The van der Waals surface area contributed by atoms with Crippen LogP contribution in [-0.2, 0) is 20.1 Å². The van der Waals surface area contributed by atoms with E-state index in [0.717, 1.165) is 60.7 Å². The molecule has 1 aromatic carbocycles. The molecule has 0 bridgehead atoms. The van der Waals surface area contributed by atoms with E-state index in [0.29, 0.717) is 19.1 Å². The molecule has 3 heterocycles. The molecule has 1 saturated heterocycles. The van der Waals surface area contributed by atoms with Crippen LogP contribution in [0.25, 0.3) is 0 Å². The topological polar surface area (TPSA) is 92.5 Å². The van der Waals surface area contributed by atoms with E-state index >= 15 is 0 Å². The van der Waals surface area contributed by atoms with Crippen molar-refractivity contribution in [3.63, 3.8) is 0 Å². The molecule has 0 aliphatic carbocycles. The van der Waals surface area contributed by atoms with Gasteiger partial charge in [-0.15, -0.1) is 34.2 Å². The molecule has 0 atom stereocenters. The number of guanidine groups is 1. The SMILES string of the molecule is COc1ccc(CN=C(NCc2nnc(C)n2C)NC2CCN(c3ccccn3)CC2)cc1.I. The minimum Gasteiger partial charge on any atom is -0.497 e. The second-order valence-electron chi connectivity index (χ2n) is 8.18. The van der Waals surface area contributed by atoms with E-state index in [1.165, 1.54) is 0 Å². The Morgan fingerprint density at radius 2 is 1.88 bits per heavy atom. The maximum absolute atomic E-state index is 5.25. The molecule has 0 spiro atoms. The summed E-state index contributed by atoms with van der Waals surface area (Å²) in [5.74, 6) is 4.43. The zero-order valence-electron chi connectivity index (χ0n) is 19.9. The molecule has 1 aliphatic heterocycles. The zero-order valence-corrected chi connectivity index (χ0v) is 22.3. The highest BCUT2D eigenvalue weighted by atomic mass is 127. The van der Waals surface area contributed by atoms with Crippen LogP contribution in [0.5, 0.6) is 5.75 Å². The number of aryl methyl sites for hydroxylation is 1. The van der Waals surface area contributed by atoms with Gasteiger partial charge in [0, 0.05) is 32.4 Å². The molecule has 4 rings (SSSR count). The second-order valence-corrected chi connectivity index (χ2v) is 8.18. The minimum absolute atomic E-state index is 0. The van der Waals surface area contributed by atoms with Gasteiger partial charge in [0.15, 0.2) is 11.8 Å². The fraction of sp³-hybridized carbons (Fsp3) is 0.417. The number of nitrogens with zero attached hydrogens (tertiary/aromatic N) is 6. The average Bonchev–Trinajstić information content (AvgIpc) is 3.19. The van der Waals surface area contributed by atoms with E-state index in [2.05, 4.69) is 36.8 Å². The third-order valence-electron chi connectivity index (χ3n) is 5.98. The van der Waals surface area contributed by atoms with Crippen molar-refractivity contribution in [2.24, 2.45) is 12.0 Å². The van der Waals surface area contributed by atoms with E-state index in [1.54, 1.807) is 7.11 Å². The lowest BCUT2D eigenvalue weighted by atomic mass is 10.1. The van der Waals surface area contributed by atoms with Gasteiger partial charge < -0.3 is 24.8 Å². The number of halogens is 1. The third kappa shape index (κ3) is 6.81. The van der Waals surface area contributed by atoms with Crippen molar-refractivity contribution >= 4 is 35.8 Å². The van der Waals surface area contributed by atoms with E-state index < -0.39 is 0 Å². The fourth-order valence-electron chi connectivity index (χ4n) is 3.81. The van der Waals surface area contributed by atoms with Crippen molar-refractivity contribution in [3.8, 4) is 5.75 Å². The first-order valence-electron chi connectivity index (χ1n) is 11.3. The Hall–Kier alpha value is -2.89. The van der Waals surface area contributed by atoms with Gasteiger partial charge in [0.1, 0.15) is 17.4 Å². The van der Waals surface area contributed by atoms with Gasteiger partial charge in [0.05, 0.1) is 20.2 Å². The van der Waals surface area contributed by atoms with Crippen molar-refractivity contribution in [1.82, 2.24) is 30.4 Å². The van der Waals surface area contributed by atoms with E-state index in [-0.39, 0.29) is 24.0 Å². The normalized spacial score (nSPS) is 14.4. The number of aromatic nitrogens is 4. The van der Waals surface area contributed by atoms with Gasteiger partial charge in [-0.1, -0.05) is 18.2 Å². The number of rotatable bonds is 7. The zero-order chi connectivity index (χ0) is 23.0. The summed E-state index contributed by atoms with van der Waals surface area (Å²) in [6.45, 7) is 5.00. The Bertz CT molecular complexity index is 1050. The lowest BCUT2D eigenvalue weighted by Gasteiger charge is -2.33. The van der Waals surface area contributed by atoms with E-state index in [4.69, 9.17) is 9.73 Å². The van der Waals surface area contributed by atoms with Crippen LogP contribution < -0.4 is 20.3 Å². The largest absolute Gasteiger partial charge is 0.497 e. The van der Waals surface area contributed by atoms with Crippen LogP contribution >= 0.6 is 24.0 Å². The van der Waals surface area contributed by atoms with Gasteiger partial charge >= 0.3 is 0 Å². The van der Waals surface area contributed by atoms with Crippen LogP contribution in [0.2, 0.25) is 0 Å². The van der Waals surface area contributed by atoms with Crippen LogP contribution in [0.3, 0.4) is 0 Å². The Labute approximate surface area is 218 Å². The first-order chi connectivity index (χ1) is 16.1. The monoisotopic (exact) mass is 576 g/mol. The fourth-order valence-corrected chi connectivity index (χ4v) is 3.81. The van der Waals surface area contributed by atoms with Crippen molar-refractivity contribution in [1.29, 1.82) is 0 Å². The molecule has 0 saturated carbocycles. The molecule has 182 valence electrons. The molecule has 34 heavy (non-hydrogen) atoms. The lowest BCUT2D eigenvalue weighted by Crippen LogP contribution is -2.48. The Kier molecular flexibility index (Phi) is 9.49. The van der Waals surface area contributed by atoms with Crippen LogP contribution in [0, 0.1) is 6.92 Å². The number of benzene rings is 1. The highest BCUT2D eigenvalue weighted by molar-refractivity contribution is 14.0. The summed E-state index contributed by atoms with van der Waals surface area (Å²) in [5.41, 5.74) is 1.12. The van der Waals surface area contributed by atoms with Gasteiger partial charge in [0.2, 0.25) is 0 Å². The summed E-state index contributed by atoms with van der Waals surface area (Å²) in [4.78, 5) is 11.7. The molecular weight excluding hydrogens is 543 g/mol. The number of hydrogen-bond donors (Lipinski definition) is 2. The highest BCUT2D eigenvalue weighted by Crippen LogP contribution is 2.17. The Morgan fingerprint density at radius 3 is 2.50 bits per heavy atom. The van der Waals surface area contributed by atoms with Crippen LogP contribution in [0.1, 0.15) is 30.1 Å². The van der Waals surface area contributed by atoms with Gasteiger partial charge in [-0.05, 0) is 49.6 Å². The first-order valence-corrected chi connectivity index (χ1v) is 11.3. The summed E-state index contributed by atoms with van der Waals surface area (Å²) < 4.78 is 7.24. The maximum Gasteiger partial charge on any atom is 0.192 e. The number of pyridine rings is 1. The molecule has 2 N–H and O–H groups in total. The summed E-state index contributed by atoms with van der Waals surface area (Å²) in [5, 5.41) is 15.5. The second kappa shape index (κ2) is 12.5. The van der Waals surface area contributed by atoms with Crippen molar-refractivity contribution in [2.45, 2.75) is 38.9 Å². The predicted molar refractivity (Wildman–Crippen MR) is 145 cm³/mol. The van der Waals surface area contributed by atoms with Crippen molar-refractivity contribution in [2.75, 3.05) is 25.1 Å². The van der Waals surface area contributed by atoms with Crippen LogP contribution in [0.15, 0.2) is 53.7 Å². The number of piperidine rings is 1. The molecule has 9 nitrogen and oxygen atoms in total. The molecule has 3 aromatic rings. The third-order valence-corrected chi connectivity index (χ3v) is 5.98. The van der Waals surface area contributed by atoms with Gasteiger partial charge in [0.25, 0.3) is 0 Å². The number of nitrogens with one attached hydrogen (secondary N) is 2. The molecule has 1 aliphatic rings. The molecule has 0 amide bonds. The summed E-state index contributed by atoms with van der Waals surface area (Å²) in [7, 11) is 3.65. The van der Waals surface area contributed by atoms with Crippen molar-refractivity contribution in [3.05, 3.63) is 65.9 Å². The number of ether oxygens (including phenoxy) is 1. The van der Waals surface area contributed by atoms with E-state index in [1.807, 2.05) is 61.1 Å². The Balaban J connectivity index is 0.00000324. The van der Waals surface area contributed by atoms with Crippen LogP contribution in [0.4, 0.5) is 5.82 Å². The average molecular weight is 576 g/mol. The van der Waals surface area contributed by atoms with Gasteiger partial charge in [-0.25, -0.2) is 9.98 Å². The minimum atomic E-state index is 0. The van der Waals surface area contributed by atoms with Crippen LogP contribution in [-0.4, -0.2) is 51.9 Å². The molecule has 1 fully saturated rings. The van der Waals surface area contributed by atoms with Crippen molar-refractivity contribution < 1.29 is 4.74 Å². The van der Waals surface area contributed by atoms with Gasteiger partial charge in [-0.2, -0.15) is 0 Å². The quantitative estimate of drug-likeness (QED) is 0.254. The summed E-state index contributed by atoms with van der Waals surface area (Å²) >= 11 is 0. The Morgan fingerprint density at radius 1 is 1.12 bits per heavy atom. The molecule has 0 radical (unpaired) electrons. The smallest absolute Gasteiger partial charge is 0.192 e.